The molecule has 0 aromatic carbocycles. The maximum Gasteiger partial charge on any atom is 1.00 e. The predicted octanol–water partition coefficient (Wildman–Crippen LogP) is 0.625. The first kappa shape index (κ1) is 19.6. The van der Waals surface area contributed by atoms with E-state index in [1.165, 1.54) is 5.56 Å². The van der Waals surface area contributed by atoms with Gasteiger partial charge in [-0.1, -0.05) is 53.2 Å². The Morgan fingerprint density at radius 3 is 1.38 bits per heavy atom. The van der Waals surface area contributed by atoms with Crippen LogP contribution >= 0.6 is 0 Å². The minimum Gasteiger partial charge on any atom is -0.665 e. The van der Waals surface area contributed by atoms with Crippen molar-refractivity contribution in [3.05, 3.63) is 23.0 Å². The molecule has 2 heteroatoms. The van der Waals surface area contributed by atoms with Crippen LogP contribution in [0.25, 0.3) is 0 Å². The van der Waals surface area contributed by atoms with Crippen LogP contribution in [0.5, 0.6) is 0 Å². The Morgan fingerprint density at radius 1 is 0.923 bits per heavy atom. The molecular formula is C11H22NRb. The molecule has 0 spiro atoms. The Labute approximate surface area is 132 Å². The van der Waals surface area contributed by atoms with Crippen LogP contribution in [-0.2, 0) is 0 Å². The van der Waals surface area contributed by atoms with E-state index in [0.717, 1.165) is 11.4 Å². The molecule has 0 unspecified atom stereocenters. The van der Waals surface area contributed by atoms with Crippen molar-refractivity contribution in [3.63, 3.8) is 0 Å². The summed E-state index contributed by atoms with van der Waals surface area (Å²) in [6, 6.07) is 2.09. The SMILES string of the molecule is CC.CC.Cc1cc(C)c(C)[n-]1.[Rb+]. The molecule has 0 N–H and O–H groups in total. The molecule has 0 aliphatic heterocycles. The summed E-state index contributed by atoms with van der Waals surface area (Å²) in [6.07, 6.45) is 0. The van der Waals surface area contributed by atoms with Gasteiger partial charge in [-0.3, -0.25) is 0 Å². The summed E-state index contributed by atoms with van der Waals surface area (Å²) < 4.78 is 0. The molecule has 0 atom stereocenters. The van der Waals surface area contributed by atoms with Gasteiger partial charge in [0.25, 0.3) is 0 Å². The second-order valence-electron chi connectivity index (χ2n) is 2.17. The fraction of sp³-hybridized carbons (Fsp3) is 0.636. The van der Waals surface area contributed by atoms with E-state index >= 15 is 0 Å². The van der Waals surface area contributed by atoms with Crippen LogP contribution in [0.2, 0.25) is 0 Å². The van der Waals surface area contributed by atoms with Gasteiger partial charge in [0.05, 0.1) is 0 Å². The van der Waals surface area contributed by atoms with E-state index in [2.05, 4.69) is 18.0 Å². The van der Waals surface area contributed by atoms with Crippen molar-refractivity contribution in [1.29, 1.82) is 0 Å². The average Bonchev–Trinajstić information content (AvgIpc) is 2.37. The number of aromatic nitrogens is 1. The van der Waals surface area contributed by atoms with Crippen molar-refractivity contribution < 1.29 is 58.2 Å². The van der Waals surface area contributed by atoms with Gasteiger partial charge in [0.2, 0.25) is 0 Å². The molecule has 0 amide bonds. The Bertz CT molecular complexity index is 172. The van der Waals surface area contributed by atoms with Gasteiger partial charge >= 0.3 is 58.2 Å². The zero-order chi connectivity index (χ0) is 10.1. The first-order valence-corrected chi connectivity index (χ1v) is 4.77. The number of rotatable bonds is 0. The Morgan fingerprint density at radius 2 is 1.31 bits per heavy atom. The van der Waals surface area contributed by atoms with E-state index in [1.807, 2.05) is 41.5 Å². The first-order chi connectivity index (χ1) is 5.70. The van der Waals surface area contributed by atoms with E-state index in [9.17, 15) is 0 Å². The summed E-state index contributed by atoms with van der Waals surface area (Å²) in [6.45, 7) is 14.1. The Balaban J connectivity index is -0.000000178. The fourth-order valence-electron chi connectivity index (χ4n) is 0.803. The topological polar surface area (TPSA) is 14.1 Å². The van der Waals surface area contributed by atoms with Crippen molar-refractivity contribution >= 4 is 0 Å². The number of hydrogen-bond acceptors (Lipinski definition) is 0. The predicted molar refractivity (Wildman–Crippen MR) is 56.7 cm³/mol. The summed E-state index contributed by atoms with van der Waals surface area (Å²) >= 11 is 0. The molecule has 1 aromatic rings. The Hall–Kier alpha value is 1.09. The zero-order valence-electron chi connectivity index (χ0n) is 10.5. The second kappa shape index (κ2) is 13.1. The van der Waals surface area contributed by atoms with E-state index in [0.29, 0.717) is 0 Å². The number of nitrogens with zero attached hydrogens (tertiary/aromatic N) is 1. The molecule has 0 bridgehead atoms. The third-order valence-corrected chi connectivity index (χ3v) is 1.34. The summed E-state index contributed by atoms with van der Waals surface area (Å²) in [5.74, 6) is 0. The van der Waals surface area contributed by atoms with Crippen LogP contribution in [-0.4, -0.2) is 0 Å². The van der Waals surface area contributed by atoms with Gasteiger partial charge in [0.1, 0.15) is 0 Å². The number of aryl methyl sites for hydroxylation is 3. The molecule has 1 aromatic heterocycles. The molecule has 0 radical (unpaired) electrons. The van der Waals surface area contributed by atoms with Gasteiger partial charge in [-0.25, -0.2) is 0 Å². The van der Waals surface area contributed by atoms with Crippen LogP contribution in [0, 0.1) is 20.8 Å². The maximum absolute atomic E-state index is 4.21. The molecule has 0 aliphatic rings. The van der Waals surface area contributed by atoms with Gasteiger partial charge in [0.15, 0.2) is 0 Å². The molecule has 1 nitrogen and oxygen atoms in total. The first-order valence-electron chi connectivity index (χ1n) is 4.77. The monoisotopic (exact) mass is 253 g/mol. The van der Waals surface area contributed by atoms with Crippen molar-refractivity contribution in [2.75, 3.05) is 0 Å². The molecule has 0 fully saturated rings. The largest absolute Gasteiger partial charge is 1.00 e. The minimum absolute atomic E-state index is 0. The van der Waals surface area contributed by atoms with Crippen molar-refractivity contribution in [3.8, 4) is 0 Å². The van der Waals surface area contributed by atoms with Gasteiger partial charge in [-0.2, -0.15) is 11.4 Å². The average molecular weight is 254 g/mol. The van der Waals surface area contributed by atoms with E-state index in [1.54, 1.807) is 0 Å². The Kier molecular flexibility index (Phi) is 19.8. The van der Waals surface area contributed by atoms with Crippen molar-refractivity contribution in [1.82, 2.24) is 4.98 Å². The van der Waals surface area contributed by atoms with Crippen LogP contribution < -0.4 is 63.2 Å². The quantitative estimate of drug-likeness (QED) is 0.662. The zero-order valence-corrected chi connectivity index (χ0v) is 15.4. The minimum atomic E-state index is 0. The number of hydrogen-bond donors (Lipinski definition) is 0. The molecule has 13 heavy (non-hydrogen) atoms. The maximum atomic E-state index is 4.21. The van der Waals surface area contributed by atoms with Crippen LogP contribution in [0.1, 0.15) is 44.6 Å². The van der Waals surface area contributed by atoms with Crippen LogP contribution in [0.15, 0.2) is 6.07 Å². The molecule has 1 heterocycles. The third kappa shape index (κ3) is 9.39. The van der Waals surface area contributed by atoms with E-state index in [4.69, 9.17) is 0 Å². The summed E-state index contributed by atoms with van der Waals surface area (Å²) in [5, 5.41) is 0. The third-order valence-electron chi connectivity index (χ3n) is 1.34. The molecule has 0 aliphatic carbocycles. The smallest absolute Gasteiger partial charge is 0.665 e. The molecule has 72 valence electrons. The van der Waals surface area contributed by atoms with E-state index < -0.39 is 0 Å². The van der Waals surface area contributed by atoms with Gasteiger partial charge < -0.3 is 4.98 Å². The summed E-state index contributed by atoms with van der Waals surface area (Å²) in [7, 11) is 0. The summed E-state index contributed by atoms with van der Waals surface area (Å²) in [5.41, 5.74) is 3.57. The van der Waals surface area contributed by atoms with Crippen molar-refractivity contribution in [2.24, 2.45) is 0 Å². The van der Waals surface area contributed by atoms with Crippen LogP contribution in [0.4, 0.5) is 0 Å². The van der Waals surface area contributed by atoms with Crippen LogP contribution in [0.3, 0.4) is 0 Å². The molecule has 1 rings (SSSR count). The second-order valence-corrected chi connectivity index (χ2v) is 2.17. The molecule has 0 saturated carbocycles. The summed E-state index contributed by atoms with van der Waals surface area (Å²) in [4.78, 5) is 4.21. The van der Waals surface area contributed by atoms with Gasteiger partial charge in [-0.05, 0) is 6.92 Å². The fourth-order valence-corrected chi connectivity index (χ4v) is 0.803. The molecular weight excluding hydrogens is 232 g/mol. The normalized spacial score (nSPS) is 7.00. The van der Waals surface area contributed by atoms with Gasteiger partial charge in [0, 0.05) is 0 Å². The standard InChI is InChI=1S/C7H10N.2C2H6.Rb/c1-5-4-6(2)8-7(5)3;2*1-2;/h4H,1-3H3;2*1-2H3;/q-1;;;+1. The van der Waals surface area contributed by atoms with Crippen molar-refractivity contribution in [2.45, 2.75) is 48.5 Å². The van der Waals surface area contributed by atoms with E-state index in [-0.39, 0.29) is 58.2 Å². The molecule has 0 saturated heterocycles. The van der Waals surface area contributed by atoms with Gasteiger partial charge in [-0.15, -0.1) is 0 Å².